The van der Waals surface area contributed by atoms with Gasteiger partial charge < -0.3 is 4.74 Å². The molecule has 0 spiro atoms. The fourth-order valence-corrected chi connectivity index (χ4v) is 1.45. The van der Waals surface area contributed by atoms with Crippen LogP contribution in [0.5, 0.6) is 5.75 Å². The maximum atomic E-state index is 12.7. The second-order valence-electron chi connectivity index (χ2n) is 3.53. The van der Waals surface area contributed by atoms with Crippen LogP contribution in [0.4, 0.5) is 4.39 Å². The van der Waals surface area contributed by atoms with E-state index >= 15 is 0 Å². The van der Waals surface area contributed by atoms with E-state index in [4.69, 9.17) is 4.74 Å². The van der Waals surface area contributed by atoms with Gasteiger partial charge in [-0.3, -0.25) is 9.78 Å². The Kier molecular flexibility index (Phi) is 3.62. The zero-order chi connectivity index (χ0) is 13.0. The molecule has 4 nitrogen and oxygen atoms in total. The van der Waals surface area contributed by atoms with Crippen molar-refractivity contribution in [3.63, 3.8) is 0 Å². The molecule has 2 aromatic heterocycles. The molecule has 5 heteroatoms. The highest BCUT2D eigenvalue weighted by atomic mass is 19.1. The van der Waals surface area contributed by atoms with Crippen molar-refractivity contribution in [3.05, 3.63) is 53.9 Å². The molecule has 0 saturated heterocycles. The molecule has 0 radical (unpaired) electrons. The monoisotopic (exact) mass is 246 g/mol. The summed E-state index contributed by atoms with van der Waals surface area (Å²) in [6.07, 6.45) is 3.96. The second kappa shape index (κ2) is 5.35. The minimum atomic E-state index is -0.479. The number of ketones is 1. The summed E-state index contributed by atoms with van der Waals surface area (Å²) in [5, 5.41) is 0. The van der Waals surface area contributed by atoms with E-state index in [1.165, 1.54) is 24.5 Å². The molecule has 2 aromatic rings. The van der Waals surface area contributed by atoms with Gasteiger partial charge in [0, 0.05) is 11.8 Å². The summed E-state index contributed by atoms with van der Waals surface area (Å²) < 4.78 is 18.0. The van der Waals surface area contributed by atoms with Crippen LogP contribution in [0, 0.1) is 5.82 Å². The lowest BCUT2D eigenvalue weighted by molar-refractivity contribution is 0.103. The van der Waals surface area contributed by atoms with Crippen LogP contribution >= 0.6 is 0 Å². The van der Waals surface area contributed by atoms with Gasteiger partial charge in [0.2, 0.25) is 5.78 Å². The second-order valence-corrected chi connectivity index (χ2v) is 3.53. The Morgan fingerprint density at radius 3 is 2.83 bits per heavy atom. The summed E-state index contributed by atoms with van der Waals surface area (Å²) in [6.45, 7) is 2.34. The van der Waals surface area contributed by atoms with Gasteiger partial charge in [0.1, 0.15) is 17.3 Å². The highest BCUT2D eigenvalue weighted by molar-refractivity contribution is 6.07. The molecular formula is C13H11FN2O2. The smallest absolute Gasteiger partial charge is 0.213 e. The van der Waals surface area contributed by atoms with Crippen LogP contribution < -0.4 is 4.74 Å². The van der Waals surface area contributed by atoms with E-state index in [0.29, 0.717) is 17.9 Å². The van der Waals surface area contributed by atoms with Gasteiger partial charge >= 0.3 is 0 Å². The molecule has 0 aliphatic carbocycles. The summed E-state index contributed by atoms with van der Waals surface area (Å²) in [5.41, 5.74) is 0.534. The summed E-state index contributed by atoms with van der Waals surface area (Å²) in [5.74, 6) is -0.276. The first kappa shape index (κ1) is 12.2. The number of carbonyl (C=O) groups is 1. The Balaban J connectivity index is 2.28. The number of hydrogen-bond donors (Lipinski definition) is 0. The maximum Gasteiger partial charge on any atom is 0.213 e. The van der Waals surface area contributed by atoms with E-state index in [9.17, 15) is 9.18 Å². The fourth-order valence-electron chi connectivity index (χ4n) is 1.45. The number of pyridine rings is 2. The minimum absolute atomic E-state index is 0.173. The van der Waals surface area contributed by atoms with Crippen LogP contribution in [0.3, 0.4) is 0 Å². The first-order chi connectivity index (χ1) is 8.70. The predicted molar refractivity (Wildman–Crippen MR) is 63.0 cm³/mol. The Labute approximate surface area is 103 Å². The average molecular weight is 246 g/mol. The van der Waals surface area contributed by atoms with Gasteiger partial charge in [0.05, 0.1) is 19.0 Å². The SMILES string of the molecule is CCOc1cncc(C(=O)c2ccc(F)cn2)c1. The van der Waals surface area contributed by atoms with E-state index in [0.717, 1.165) is 6.20 Å². The number of rotatable bonds is 4. The number of halogens is 1. The first-order valence-corrected chi connectivity index (χ1v) is 5.45. The molecule has 0 aliphatic rings. The van der Waals surface area contributed by atoms with Gasteiger partial charge in [-0.1, -0.05) is 0 Å². The molecule has 18 heavy (non-hydrogen) atoms. The van der Waals surface area contributed by atoms with Crippen LogP contribution in [0.1, 0.15) is 23.0 Å². The summed E-state index contributed by atoms with van der Waals surface area (Å²) in [6, 6.07) is 4.12. The molecule has 2 heterocycles. The van der Waals surface area contributed by atoms with Crippen molar-refractivity contribution in [2.75, 3.05) is 6.61 Å². The number of aromatic nitrogens is 2. The van der Waals surface area contributed by atoms with Gasteiger partial charge in [0.15, 0.2) is 0 Å². The van der Waals surface area contributed by atoms with Crippen LogP contribution in [-0.4, -0.2) is 22.4 Å². The molecule has 0 fully saturated rings. The van der Waals surface area contributed by atoms with E-state index < -0.39 is 5.82 Å². The standard InChI is InChI=1S/C13H11FN2O2/c1-2-18-11-5-9(6-15-8-11)13(17)12-4-3-10(14)7-16-12/h3-8H,2H2,1H3. The molecule has 92 valence electrons. The fraction of sp³-hybridized carbons (Fsp3) is 0.154. The van der Waals surface area contributed by atoms with Crippen molar-refractivity contribution in [1.29, 1.82) is 0 Å². The third kappa shape index (κ3) is 2.68. The van der Waals surface area contributed by atoms with Crippen molar-refractivity contribution in [2.45, 2.75) is 6.92 Å². The Bertz CT molecular complexity index is 555. The number of ether oxygens (including phenoxy) is 1. The molecule has 2 rings (SSSR count). The molecular weight excluding hydrogens is 235 g/mol. The molecule has 0 unspecified atom stereocenters. The normalized spacial score (nSPS) is 10.1. The van der Waals surface area contributed by atoms with Crippen LogP contribution in [0.2, 0.25) is 0 Å². The van der Waals surface area contributed by atoms with Gasteiger partial charge in [-0.05, 0) is 25.1 Å². The summed E-state index contributed by atoms with van der Waals surface area (Å²) >= 11 is 0. The van der Waals surface area contributed by atoms with Crippen LogP contribution in [-0.2, 0) is 0 Å². The number of carbonyl (C=O) groups excluding carboxylic acids is 1. The van der Waals surface area contributed by atoms with Crippen molar-refractivity contribution in [1.82, 2.24) is 9.97 Å². The Hall–Kier alpha value is -2.30. The quantitative estimate of drug-likeness (QED) is 0.776. The van der Waals surface area contributed by atoms with E-state index in [1.807, 2.05) is 6.92 Å². The lowest BCUT2D eigenvalue weighted by Crippen LogP contribution is -2.05. The van der Waals surface area contributed by atoms with Crippen molar-refractivity contribution in [2.24, 2.45) is 0 Å². The van der Waals surface area contributed by atoms with Gasteiger partial charge in [-0.2, -0.15) is 0 Å². The molecule has 0 aromatic carbocycles. The zero-order valence-corrected chi connectivity index (χ0v) is 9.76. The maximum absolute atomic E-state index is 12.7. The number of nitrogens with zero attached hydrogens (tertiary/aromatic N) is 2. The van der Waals surface area contributed by atoms with E-state index in [-0.39, 0.29) is 11.5 Å². The van der Waals surface area contributed by atoms with E-state index in [1.54, 1.807) is 6.07 Å². The van der Waals surface area contributed by atoms with Crippen LogP contribution in [0.15, 0.2) is 36.8 Å². The topological polar surface area (TPSA) is 52.1 Å². The van der Waals surface area contributed by atoms with Crippen molar-refractivity contribution < 1.29 is 13.9 Å². The predicted octanol–water partition coefficient (Wildman–Crippen LogP) is 2.25. The largest absolute Gasteiger partial charge is 0.492 e. The Morgan fingerprint density at radius 1 is 1.33 bits per heavy atom. The van der Waals surface area contributed by atoms with Gasteiger partial charge in [-0.25, -0.2) is 9.37 Å². The third-order valence-corrected chi connectivity index (χ3v) is 2.25. The molecule has 0 amide bonds. The van der Waals surface area contributed by atoms with E-state index in [2.05, 4.69) is 9.97 Å². The van der Waals surface area contributed by atoms with Gasteiger partial charge in [-0.15, -0.1) is 0 Å². The highest BCUT2D eigenvalue weighted by Gasteiger charge is 2.11. The summed E-state index contributed by atoms with van der Waals surface area (Å²) in [4.78, 5) is 19.7. The average Bonchev–Trinajstić information content (AvgIpc) is 2.39. The third-order valence-electron chi connectivity index (χ3n) is 2.25. The lowest BCUT2D eigenvalue weighted by atomic mass is 10.1. The zero-order valence-electron chi connectivity index (χ0n) is 9.76. The molecule has 0 N–H and O–H groups in total. The van der Waals surface area contributed by atoms with Crippen molar-refractivity contribution >= 4 is 5.78 Å². The lowest BCUT2D eigenvalue weighted by Gasteiger charge is -2.04. The molecule has 0 saturated carbocycles. The van der Waals surface area contributed by atoms with Gasteiger partial charge in [0.25, 0.3) is 0 Å². The minimum Gasteiger partial charge on any atom is -0.492 e. The highest BCUT2D eigenvalue weighted by Crippen LogP contribution is 2.14. The Morgan fingerprint density at radius 2 is 2.17 bits per heavy atom. The van der Waals surface area contributed by atoms with Crippen LogP contribution in [0.25, 0.3) is 0 Å². The summed E-state index contributed by atoms with van der Waals surface area (Å²) in [7, 11) is 0. The molecule has 0 bridgehead atoms. The molecule has 0 atom stereocenters. The first-order valence-electron chi connectivity index (χ1n) is 5.45. The molecule has 0 aliphatic heterocycles. The van der Waals surface area contributed by atoms with Crippen molar-refractivity contribution in [3.8, 4) is 5.75 Å². The number of hydrogen-bond acceptors (Lipinski definition) is 4.